The Hall–Kier alpha value is -2.17. The molecule has 5 heteroatoms. The summed E-state index contributed by atoms with van der Waals surface area (Å²) >= 11 is 7.38. The minimum Gasteiger partial charge on any atom is -0.481 e. The minimum atomic E-state index is -0.875. The van der Waals surface area contributed by atoms with Gasteiger partial charge in [0, 0.05) is 5.02 Å². The van der Waals surface area contributed by atoms with E-state index in [-0.39, 0.29) is 6.42 Å². The van der Waals surface area contributed by atoms with Crippen molar-refractivity contribution < 1.29 is 9.90 Å². The maximum atomic E-state index is 11.2. The molecule has 0 spiro atoms. The van der Waals surface area contributed by atoms with Crippen molar-refractivity contribution in [3.8, 4) is 0 Å². The molecule has 1 N–H and O–H groups in total. The van der Waals surface area contributed by atoms with Crippen molar-refractivity contribution in [2.45, 2.75) is 6.42 Å². The second-order valence-corrected chi connectivity index (χ2v) is 6.25. The Morgan fingerprint density at radius 3 is 2.59 bits per heavy atom. The van der Waals surface area contributed by atoms with Gasteiger partial charge in [0.15, 0.2) is 0 Å². The number of benzene rings is 2. The molecule has 0 unspecified atom stereocenters. The van der Waals surface area contributed by atoms with Crippen LogP contribution >= 0.6 is 22.9 Å². The van der Waals surface area contributed by atoms with Gasteiger partial charge in [0.05, 0.1) is 16.6 Å². The number of para-hydroxylation sites is 1. The SMILES string of the molecule is O=C(O)CC(=Cc1ccc(Cl)cc1)c1nc2ccccc2s1. The van der Waals surface area contributed by atoms with Crippen molar-refractivity contribution >= 4 is 50.8 Å². The van der Waals surface area contributed by atoms with Gasteiger partial charge < -0.3 is 5.11 Å². The van der Waals surface area contributed by atoms with Crippen molar-refractivity contribution in [2.75, 3.05) is 0 Å². The highest BCUT2D eigenvalue weighted by molar-refractivity contribution is 7.19. The molecular formula is C17H12ClNO2S. The average molecular weight is 330 g/mol. The van der Waals surface area contributed by atoms with Crippen LogP contribution in [0, 0.1) is 0 Å². The summed E-state index contributed by atoms with van der Waals surface area (Å²) in [6.45, 7) is 0. The highest BCUT2D eigenvalue weighted by Crippen LogP contribution is 2.30. The number of carbonyl (C=O) groups is 1. The summed E-state index contributed by atoms with van der Waals surface area (Å²) in [5.74, 6) is -0.875. The standard InChI is InChI=1S/C17H12ClNO2S/c18-13-7-5-11(6-8-13)9-12(10-16(20)21)17-19-14-3-1-2-4-15(14)22-17/h1-9H,10H2,(H,20,21). The van der Waals surface area contributed by atoms with Crippen LogP contribution in [-0.4, -0.2) is 16.1 Å². The molecule has 3 aromatic rings. The van der Waals surface area contributed by atoms with Crippen LogP contribution in [0.5, 0.6) is 0 Å². The lowest BCUT2D eigenvalue weighted by atomic mass is 10.1. The molecule has 110 valence electrons. The summed E-state index contributed by atoms with van der Waals surface area (Å²) in [5, 5.41) is 10.5. The fourth-order valence-corrected chi connectivity index (χ4v) is 3.23. The first kappa shape index (κ1) is 14.8. The molecule has 1 heterocycles. The number of aromatic nitrogens is 1. The van der Waals surface area contributed by atoms with Gasteiger partial charge >= 0.3 is 5.97 Å². The Bertz CT molecular complexity index is 819. The zero-order valence-electron chi connectivity index (χ0n) is 11.5. The molecule has 0 saturated heterocycles. The average Bonchev–Trinajstić information content (AvgIpc) is 2.92. The largest absolute Gasteiger partial charge is 0.481 e. The van der Waals surface area contributed by atoms with Gasteiger partial charge in [-0.1, -0.05) is 35.9 Å². The normalized spacial score (nSPS) is 11.8. The van der Waals surface area contributed by atoms with E-state index < -0.39 is 5.97 Å². The first-order valence-electron chi connectivity index (χ1n) is 6.66. The van der Waals surface area contributed by atoms with E-state index in [0.29, 0.717) is 10.6 Å². The fourth-order valence-electron chi connectivity index (χ4n) is 2.12. The van der Waals surface area contributed by atoms with E-state index >= 15 is 0 Å². The van der Waals surface area contributed by atoms with Gasteiger partial charge in [0.2, 0.25) is 0 Å². The van der Waals surface area contributed by atoms with E-state index in [4.69, 9.17) is 16.7 Å². The summed E-state index contributed by atoms with van der Waals surface area (Å²) in [6.07, 6.45) is 1.78. The maximum absolute atomic E-state index is 11.2. The molecule has 0 amide bonds. The molecule has 0 atom stereocenters. The Morgan fingerprint density at radius 2 is 1.91 bits per heavy atom. The maximum Gasteiger partial charge on any atom is 0.307 e. The highest BCUT2D eigenvalue weighted by Gasteiger charge is 2.12. The van der Waals surface area contributed by atoms with Gasteiger partial charge in [0.25, 0.3) is 0 Å². The van der Waals surface area contributed by atoms with E-state index in [1.807, 2.05) is 42.5 Å². The summed E-state index contributed by atoms with van der Waals surface area (Å²) in [5.41, 5.74) is 2.48. The van der Waals surface area contributed by atoms with Crippen LogP contribution in [0.2, 0.25) is 5.02 Å². The molecule has 0 aliphatic rings. The Kier molecular flexibility index (Phi) is 4.22. The molecule has 0 saturated carbocycles. The van der Waals surface area contributed by atoms with Crippen molar-refractivity contribution in [1.29, 1.82) is 0 Å². The second-order valence-electron chi connectivity index (χ2n) is 4.78. The second kappa shape index (κ2) is 6.30. The molecule has 1 aromatic heterocycles. The molecule has 3 nitrogen and oxygen atoms in total. The van der Waals surface area contributed by atoms with Crippen molar-refractivity contribution in [3.05, 3.63) is 64.1 Å². The molecule has 0 bridgehead atoms. The van der Waals surface area contributed by atoms with Gasteiger partial charge in [-0.15, -0.1) is 11.3 Å². The third kappa shape index (κ3) is 3.35. The summed E-state index contributed by atoms with van der Waals surface area (Å²) in [6, 6.07) is 15.1. The van der Waals surface area contributed by atoms with Gasteiger partial charge in [-0.2, -0.15) is 0 Å². The van der Waals surface area contributed by atoms with Crippen molar-refractivity contribution in [3.63, 3.8) is 0 Å². The van der Waals surface area contributed by atoms with E-state index in [9.17, 15) is 4.79 Å². The smallest absolute Gasteiger partial charge is 0.307 e. The van der Waals surface area contributed by atoms with E-state index in [1.54, 1.807) is 12.1 Å². The molecule has 2 aromatic carbocycles. The molecular weight excluding hydrogens is 318 g/mol. The number of aliphatic carboxylic acids is 1. The fraction of sp³-hybridized carbons (Fsp3) is 0.0588. The van der Waals surface area contributed by atoms with Crippen LogP contribution in [-0.2, 0) is 4.79 Å². The number of rotatable bonds is 4. The lowest BCUT2D eigenvalue weighted by Gasteiger charge is -2.02. The quantitative estimate of drug-likeness (QED) is 0.735. The van der Waals surface area contributed by atoms with Crippen LogP contribution in [0.3, 0.4) is 0 Å². The van der Waals surface area contributed by atoms with E-state index in [1.165, 1.54) is 11.3 Å². The van der Waals surface area contributed by atoms with Crippen molar-refractivity contribution in [2.24, 2.45) is 0 Å². The number of carboxylic acids is 1. The predicted molar refractivity (Wildman–Crippen MR) is 91.2 cm³/mol. The summed E-state index contributed by atoms with van der Waals surface area (Å²) in [4.78, 5) is 15.7. The molecule has 22 heavy (non-hydrogen) atoms. The van der Waals surface area contributed by atoms with E-state index in [2.05, 4.69) is 4.98 Å². The Morgan fingerprint density at radius 1 is 1.18 bits per heavy atom. The number of hydrogen-bond donors (Lipinski definition) is 1. The number of hydrogen-bond acceptors (Lipinski definition) is 3. The van der Waals surface area contributed by atoms with Gasteiger partial charge in [-0.25, -0.2) is 4.98 Å². The molecule has 0 aliphatic carbocycles. The van der Waals surface area contributed by atoms with Crippen LogP contribution in [0.15, 0.2) is 48.5 Å². The van der Waals surface area contributed by atoms with Crippen LogP contribution in [0.4, 0.5) is 0 Å². The molecule has 3 rings (SSSR count). The predicted octanol–water partition coefficient (Wildman–Crippen LogP) is 4.97. The first-order valence-corrected chi connectivity index (χ1v) is 7.85. The van der Waals surface area contributed by atoms with Crippen molar-refractivity contribution in [1.82, 2.24) is 4.98 Å². The monoisotopic (exact) mass is 329 g/mol. The van der Waals surface area contributed by atoms with Crippen LogP contribution in [0.1, 0.15) is 17.0 Å². The first-order chi connectivity index (χ1) is 10.6. The Labute approximate surface area is 136 Å². The molecule has 0 radical (unpaired) electrons. The number of halogens is 1. The number of fused-ring (bicyclic) bond motifs is 1. The highest BCUT2D eigenvalue weighted by atomic mass is 35.5. The summed E-state index contributed by atoms with van der Waals surface area (Å²) < 4.78 is 1.05. The summed E-state index contributed by atoms with van der Waals surface area (Å²) in [7, 11) is 0. The lowest BCUT2D eigenvalue weighted by molar-refractivity contribution is -0.135. The lowest BCUT2D eigenvalue weighted by Crippen LogP contribution is -1.96. The topological polar surface area (TPSA) is 50.2 Å². The number of thiazole rings is 1. The third-order valence-corrected chi connectivity index (χ3v) is 4.49. The molecule has 0 aliphatic heterocycles. The Balaban J connectivity index is 2.05. The van der Waals surface area contributed by atoms with Crippen LogP contribution < -0.4 is 0 Å². The third-order valence-electron chi connectivity index (χ3n) is 3.12. The number of carboxylic acid groups (broad SMARTS) is 1. The number of nitrogens with zero attached hydrogens (tertiary/aromatic N) is 1. The zero-order chi connectivity index (χ0) is 15.5. The van der Waals surface area contributed by atoms with E-state index in [0.717, 1.165) is 20.8 Å². The molecule has 0 fully saturated rings. The van der Waals surface area contributed by atoms with Gasteiger partial charge in [-0.3, -0.25) is 4.79 Å². The van der Waals surface area contributed by atoms with Gasteiger partial charge in [-0.05, 0) is 41.5 Å². The minimum absolute atomic E-state index is 0.0670. The van der Waals surface area contributed by atoms with Gasteiger partial charge in [0.1, 0.15) is 5.01 Å². The van der Waals surface area contributed by atoms with Crippen LogP contribution in [0.25, 0.3) is 21.9 Å². The zero-order valence-corrected chi connectivity index (χ0v) is 13.1.